The van der Waals surface area contributed by atoms with E-state index in [2.05, 4.69) is 58.1 Å². The van der Waals surface area contributed by atoms with E-state index < -0.39 is 0 Å². The largest absolute Gasteiger partial charge is 0.379 e. The first kappa shape index (κ1) is 17.7. The fraction of sp³-hybridized carbons (Fsp3) is 0.450. The van der Waals surface area contributed by atoms with E-state index in [0.29, 0.717) is 0 Å². The molecule has 5 nitrogen and oxygen atoms in total. The number of nitrogens with zero attached hydrogens (tertiary/aromatic N) is 1. The smallest absolute Gasteiger partial charge is 0.191 e. The van der Waals surface area contributed by atoms with Crippen LogP contribution in [0.2, 0.25) is 0 Å². The number of hydrogen-bond acceptors (Lipinski definition) is 3. The van der Waals surface area contributed by atoms with Gasteiger partial charge in [-0.25, -0.2) is 0 Å². The van der Waals surface area contributed by atoms with Gasteiger partial charge in [-0.1, -0.05) is 36.4 Å². The Bertz CT molecular complexity index is 696. The Labute approximate surface area is 149 Å². The first-order chi connectivity index (χ1) is 12.3. The lowest BCUT2D eigenvalue weighted by atomic mass is 10.1. The minimum atomic E-state index is 0.283. The third-order valence-corrected chi connectivity index (χ3v) is 4.35. The molecule has 3 rings (SSSR count). The van der Waals surface area contributed by atoms with Crippen molar-refractivity contribution < 1.29 is 9.47 Å². The highest BCUT2D eigenvalue weighted by Gasteiger charge is 2.15. The number of nitrogens with one attached hydrogen (secondary N) is 2. The van der Waals surface area contributed by atoms with Crippen LogP contribution in [0.5, 0.6) is 0 Å². The summed E-state index contributed by atoms with van der Waals surface area (Å²) < 4.78 is 11.1. The van der Waals surface area contributed by atoms with Gasteiger partial charge in [-0.2, -0.15) is 0 Å². The molecular weight excluding hydrogens is 314 g/mol. The molecule has 0 bridgehead atoms. The van der Waals surface area contributed by atoms with Gasteiger partial charge in [-0.05, 0) is 35.2 Å². The molecule has 1 aliphatic rings. The molecule has 1 unspecified atom stereocenters. The minimum Gasteiger partial charge on any atom is -0.379 e. The molecule has 2 aromatic carbocycles. The predicted molar refractivity (Wildman–Crippen MR) is 102 cm³/mol. The average molecular weight is 341 g/mol. The van der Waals surface area contributed by atoms with Crippen molar-refractivity contribution in [3.05, 3.63) is 48.0 Å². The Morgan fingerprint density at radius 3 is 2.88 bits per heavy atom. The zero-order valence-corrected chi connectivity index (χ0v) is 14.8. The summed E-state index contributed by atoms with van der Waals surface area (Å²) in [4.78, 5) is 4.27. The van der Waals surface area contributed by atoms with E-state index in [0.717, 1.165) is 51.7 Å². The first-order valence-corrected chi connectivity index (χ1v) is 8.97. The van der Waals surface area contributed by atoms with Gasteiger partial charge < -0.3 is 20.1 Å². The molecule has 1 atom stereocenters. The van der Waals surface area contributed by atoms with Crippen molar-refractivity contribution in [3.63, 3.8) is 0 Å². The molecule has 0 amide bonds. The molecule has 134 valence electrons. The number of ether oxygens (including phenoxy) is 2. The summed E-state index contributed by atoms with van der Waals surface area (Å²) in [6, 6.07) is 14.9. The van der Waals surface area contributed by atoms with Crippen LogP contribution >= 0.6 is 0 Å². The second-order valence-electron chi connectivity index (χ2n) is 6.24. The molecule has 1 aliphatic heterocycles. The average Bonchev–Trinajstić information content (AvgIpc) is 3.17. The summed E-state index contributed by atoms with van der Waals surface area (Å²) in [5.74, 6) is 0.817. The molecule has 0 saturated carbocycles. The molecular formula is C20H27N3O2. The lowest BCUT2D eigenvalue weighted by Gasteiger charge is -2.13. The molecule has 2 aromatic rings. The highest BCUT2D eigenvalue weighted by atomic mass is 16.5. The zero-order chi connectivity index (χ0) is 17.3. The lowest BCUT2D eigenvalue weighted by Crippen LogP contribution is -2.37. The summed E-state index contributed by atoms with van der Waals surface area (Å²) in [5.41, 5.74) is 1.24. The van der Waals surface area contributed by atoms with Crippen LogP contribution in [-0.4, -0.2) is 45.5 Å². The van der Waals surface area contributed by atoms with Crippen LogP contribution < -0.4 is 10.6 Å². The Kier molecular flexibility index (Phi) is 6.65. The van der Waals surface area contributed by atoms with Crippen LogP contribution in [0.15, 0.2) is 47.5 Å². The first-order valence-electron chi connectivity index (χ1n) is 8.97. The van der Waals surface area contributed by atoms with Crippen molar-refractivity contribution in [3.8, 4) is 0 Å². The molecule has 0 radical (unpaired) electrons. The summed E-state index contributed by atoms with van der Waals surface area (Å²) in [5, 5.41) is 9.22. The van der Waals surface area contributed by atoms with E-state index in [4.69, 9.17) is 9.47 Å². The number of guanidine groups is 1. The molecule has 5 heteroatoms. The van der Waals surface area contributed by atoms with Crippen molar-refractivity contribution >= 4 is 16.7 Å². The third-order valence-electron chi connectivity index (χ3n) is 4.35. The van der Waals surface area contributed by atoms with Crippen LogP contribution in [0.1, 0.15) is 18.4 Å². The number of hydrogen-bond donors (Lipinski definition) is 2. The molecule has 0 aliphatic carbocycles. The highest BCUT2D eigenvalue weighted by molar-refractivity contribution is 5.83. The summed E-state index contributed by atoms with van der Waals surface area (Å²) in [6.45, 7) is 3.91. The van der Waals surface area contributed by atoms with Gasteiger partial charge >= 0.3 is 0 Å². The van der Waals surface area contributed by atoms with Gasteiger partial charge in [0.15, 0.2) is 5.96 Å². The van der Waals surface area contributed by atoms with Crippen molar-refractivity contribution in [2.75, 3.05) is 33.4 Å². The molecule has 1 fully saturated rings. The van der Waals surface area contributed by atoms with E-state index >= 15 is 0 Å². The van der Waals surface area contributed by atoms with Crippen LogP contribution in [0, 0.1) is 0 Å². The zero-order valence-electron chi connectivity index (χ0n) is 14.8. The monoisotopic (exact) mass is 341 g/mol. The van der Waals surface area contributed by atoms with Gasteiger partial charge in [0.25, 0.3) is 0 Å². The normalized spacial score (nSPS) is 17.8. The predicted octanol–water partition coefficient (Wildman–Crippen LogP) is 2.70. The van der Waals surface area contributed by atoms with Crippen LogP contribution in [0.4, 0.5) is 0 Å². The number of benzene rings is 2. The van der Waals surface area contributed by atoms with Gasteiger partial charge in [0.2, 0.25) is 0 Å². The Balaban J connectivity index is 1.37. The van der Waals surface area contributed by atoms with Crippen molar-refractivity contribution in [1.29, 1.82) is 0 Å². The van der Waals surface area contributed by atoms with Crippen LogP contribution in [-0.2, 0) is 16.0 Å². The van der Waals surface area contributed by atoms with Crippen LogP contribution in [0.25, 0.3) is 10.8 Å². The van der Waals surface area contributed by atoms with Crippen molar-refractivity contribution in [2.45, 2.75) is 25.5 Å². The fourth-order valence-corrected chi connectivity index (χ4v) is 2.93. The minimum absolute atomic E-state index is 0.283. The standard InChI is InChI=1S/C20H27N3O2/c1-21-20(22-10-4-11-25-19-9-12-24-15-19)23-14-16-7-8-17-5-2-3-6-18(17)13-16/h2-3,5-8,13,19H,4,9-12,14-15H2,1H3,(H2,21,22,23). The third kappa shape index (κ3) is 5.44. The number of aliphatic imine (C=N–C) groups is 1. The summed E-state index contributed by atoms with van der Waals surface area (Å²) in [7, 11) is 1.79. The van der Waals surface area contributed by atoms with E-state index in [1.54, 1.807) is 7.05 Å². The maximum absolute atomic E-state index is 5.76. The Hall–Kier alpha value is -2.11. The van der Waals surface area contributed by atoms with Gasteiger partial charge in [0.1, 0.15) is 0 Å². The van der Waals surface area contributed by atoms with Crippen LogP contribution in [0.3, 0.4) is 0 Å². The van der Waals surface area contributed by atoms with Gasteiger partial charge in [0.05, 0.1) is 12.7 Å². The highest BCUT2D eigenvalue weighted by Crippen LogP contribution is 2.15. The SMILES string of the molecule is CN=C(NCCCOC1CCOC1)NCc1ccc2ccccc2c1. The molecule has 1 heterocycles. The number of fused-ring (bicyclic) bond motifs is 1. The van der Waals surface area contributed by atoms with E-state index in [-0.39, 0.29) is 6.10 Å². The molecule has 25 heavy (non-hydrogen) atoms. The summed E-state index contributed by atoms with van der Waals surface area (Å²) >= 11 is 0. The van der Waals surface area contributed by atoms with Gasteiger partial charge in [-0.15, -0.1) is 0 Å². The molecule has 2 N–H and O–H groups in total. The maximum Gasteiger partial charge on any atom is 0.191 e. The lowest BCUT2D eigenvalue weighted by molar-refractivity contribution is 0.0420. The van der Waals surface area contributed by atoms with Crippen molar-refractivity contribution in [2.24, 2.45) is 4.99 Å². The van der Waals surface area contributed by atoms with Gasteiger partial charge in [-0.3, -0.25) is 4.99 Å². The van der Waals surface area contributed by atoms with E-state index in [1.807, 2.05) is 0 Å². The molecule has 0 spiro atoms. The fourth-order valence-electron chi connectivity index (χ4n) is 2.93. The molecule has 0 aromatic heterocycles. The topological polar surface area (TPSA) is 54.9 Å². The Morgan fingerprint density at radius 1 is 1.20 bits per heavy atom. The van der Waals surface area contributed by atoms with E-state index in [9.17, 15) is 0 Å². The molecule has 1 saturated heterocycles. The van der Waals surface area contributed by atoms with Crippen molar-refractivity contribution in [1.82, 2.24) is 10.6 Å². The number of rotatable bonds is 7. The quantitative estimate of drug-likeness (QED) is 0.462. The maximum atomic E-state index is 5.76. The second kappa shape index (κ2) is 9.39. The Morgan fingerprint density at radius 2 is 2.08 bits per heavy atom. The van der Waals surface area contributed by atoms with E-state index in [1.165, 1.54) is 16.3 Å². The summed E-state index contributed by atoms with van der Waals surface area (Å²) in [6.07, 6.45) is 2.25. The van der Waals surface area contributed by atoms with Gasteiger partial charge in [0, 0.05) is 33.4 Å². The second-order valence-corrected chi connectivity index (χ2v) is 6.24.